The first-order valence-electron chi connectivity index (χ1n) is 9.32. The van der Waals surface area contributed by atoms with Gasteiger partial charge in [-0.05, 0) is 31.0 Å². The Balaban J connectivity index is 1.80. The van der Waals surface area contributed by atoms with E-state index in [4.69, 9.17) is 22.9 Å². The Morgan fingerprint density at radius 1 is 1.08 bits per heavy atom. The molecule has 0 radical (unpaired) electrons. The predicted octanol–water partition coefficient (Wildman–Crippen LogP) is 4.42. The van der Waals surface area contributed by atoms with Crippen LogP contribution in [0.4, 0.5) is 0 Å². The predicted molar refractivity (Wildman–Crippen MR) is 99.5 cm³/mol. The molecular weight excluding hydrogens is 359 g/mol. The number of rotatable bonds is 8. The van der Waals surface area contributed by atoms with E-state index in [0.717, 1.165) is 19.3 Å². The van der Waals surface area contributed by atoms with Crippen molar-refractivity contribution in [1.82, 2.24) is 0 Å². The summed E-state index contributed by atoms with van der Waals surface area (Å²) >= 11 is 0. The minimum atomic E-state index is -2.17. The molecule has 2 heterocycles. The van der Waals surface area contributed by atoms with Gasteiger partial charge in [0.2, 0.25) is 0 Å². The van der Waals surface area contributed by atoms with Crippen molar-refractivity contribution in [3.8, 4) is 0 Å². The lowest BCUT2D eigenvalue weighted by molar-refractivity contribution is 0.00661. The maximum Gasteiger partial charge on any atom is 0.697 e. The molecule has 0 aromatic heterocycles. The summed E-state index contributed by atoms with van der Waals surface area (Å²) < 4.78 is 40.9. The highest BCUT2D eigenvalue weighted by molar-refractivity contribution is 7.33. The largest absolute Gasteiger partial charge is 0.697 e. The second-order valence-electron chi connectivity index (χ2n) is 8.38. The molecule has 0 bridgehead atoms. The third-order valence-corrected chi connectivity index (χ3v) is 10.8. The lowest BCUT2D eigenvalue weighted by Crippen LogP contribution is -2.46. The smallest absolute Gasteiger partial charge is 0.411 e. The molecule has 2 aliphatic heterocycles. The summed E-state index contributed by atoms with van der Waals surface area (Å²) in [7, 11) is -4.04. The van der Waals surface area contributed by atoms with E-state index >= 15 is 0 Å². The van der Waals surface area contributed by atoms with E-state index in [0.29, 0.717) is 13.2 Å². The van der Waals surface area contributed by atoms with Gasteiger partial charge in [0, 0.05) is 24.2 Å². The molecule has 6 nitrogen and oxygen atoms in total. The number of hydrogen-bond acceptors (Lipinski definition) is 6. The van der Waals surface area contributed by atoms with Crippen LogP contribution in [-0.4, -0.2) is 52.6 Å². The van der Waals surface area contributed by atoms with Crippen LogP contribution in [0.1, 0.15) is 47.0 Å². The molecule has 0 saturated carbocycles. The Hall–Kier alpha value is 0.117. The van der Waals surface area contributed by atoms with Gasteiger partial charge >= 0.3 is 8.25 Å². The topological polar surface area (TPSA) is 63.2 Å². The molecule has 0 amide bonds. The van der Waals surface area contributed by atoms with Crippen LogP contribution in [0, 0.1) is 0 Å². The lowest BCUT2D eigenvalue weighted by Gasteiger charge is -2.39. The Kier molecular flexibility index (Phi) is 7.60. The number of hydrogen-bond donors (Lipinski definition) is 0. The molecule has 2 rings (SSSR count). The van der Waals surface area contributed by atoms with Gasteiger partial charge < -0.3 is 13.9 Å². The van der Waals surface area contributed by atoms with Gasteiger partial charge in [-0.15, -0.1) is 9.05 Å². The Morgan fingerprint density at radius 2 is 1.68 bits per heavy atom. The van der Waals surface area contributed by atoms with E-state index in [1.165, 1.54) is 0 Å². The fourth-order valence-corrected chi connectivity index (χ4v) is 5.05. The minimum absolute atomic E-state index is 0.00231. The lowest BCUT2D eigenvalue weighted by atomic mass is 10.1. The zero-order chi connectivity index (χ0) is 18.7. The van der Waals surface area contributed by atoms with E-state index in [1.54, 1.807) is 0 Å². The van der Waals surface area contributed by atoms with E-state index in [9.17, 15) is 4.57 Å². The maximum absolute atomic E-state index is 12.1. The second-order valence-corrected chi connectivity index (χ2v) is 14.1. The summed E-state index contributed by atoms with van der Waals surface area (Å²) in [6, 6.07) is 0. The van der Waals surface area contributed by atoms with Crippen molar-refractivity contribution in [2.75, 3.05) is 19.8 Å². The molecule has 25 heavy (non-hydrogen) atoms. The van der Waals surface area contributed by atoms with Crippen LogP contribution < -0.4 is 0 Å². The summed E-state index contributed by atoms with van der Waals surface area (Å²) in [4.78, 5) is 0. The van der Waals surface area contributed by atoms with E-state index < -0.39 is 16.6 Å². The fraction of sp³-hybridized carbons (Fsp3) is 1.00. The first-order valence-corrected chi connectivity index (χ1v) is 13.3. The molecule has 146 valence electrons. The molecule has 1 unspecified atom stereocenters. The molecular formula is C17H34O6PSi+. The van der Waals surface area contributed by atoms with E-state index in [-0.39, 0.29) is 36.1 Å². The third kappa shape index (κ3) is 5.80. The highest BCUT2D eigenvalue weighted by atomic mass is 31.1. The van der Waals surface area contributed by atoms with Crippen LogP contribution >= 0.6 is 8.25 Å². The molecule has 8 heteroatoms. The molecule has 2 aliphatic rings. The van der Waals surface area contributed by atoms with Crippen molar-refractivity contribution < 1.29 is 27.5 Å². The Morgan fingerprint density at radius 3 is 2.28 bits per heavy atom. The molecule has 0 aromatic rings. The van der Waals surface area contributed by atoms with Crippen molar-refractivity contribution in [3.05, 3.63) is 0 Å². The zero-order valence-electron chi connectivity index (χ0n) is 16.4. The van der Waals surface area contributed by atoms with Gasteiger partial charge in [-0.1, -0.05) is 27.7 Å². The van der Waals surface area contributed by atoms with Crippen LogP contribution in [0.5, 0.6) is 0 Å². The SMILES string of the molecule is CC[C@H]1OCC[C@H]1O[P+](=O)OC[C@H]1OCC[C@H]1O[Si](C)(C)C(C)(C)C. The van der Waals surface area contributed by atoms with Gasteiger partial charge in [-0.25, -0.2) is 0 Å². The molecule has 0 aromatic carbocycles. The van der Waals surface area contributed by atoms with E-state index in [2.05, 4.69) is 33.9 Å². The summed E-state index contributed by atoms with van der Waals surface area (Å²) in [6.07, 6.45) is 2.16. The minimum Gasteiger partial charge on any atom is -0.411 e. The molecule has 5 atom stereocenters. The summed E-state index contributed by atoms with van der Waals surface area (Å²) in [5, 5.41) is 0.146. The van der Waals surface area contributed by atoms with Crippen molar-refractivity contribution in [2.24, 2.45) is 0 Å². The quantitative estimate of drug-likeness (QED) is 0.449. The van der Waals surface area contributed by atoms with Crippen LogP contribution in [0.25, 0.3) is 0 Å². The average molecular weight is 394 g/mol. The van der Waals surface area contributed by atoms with Gasteiger partial charge in [0.15, 0.2) is 8.32 Å². The summed E-state index contributed by atoms with van der Waals surface area (Å²) in [6.45, 7) is 14.7. The molecule has 0 aliphatic carbocycles. The molecule has 0 N–H and O–H groups in total. The van der Waals surface area contributed by atoms with Crippen molar-refractivity contribution in [2.45, 2.75) is 89.5 Å². The van der Waals surface area contributed by atoms with Crippen molar-refractivity contribution in [3.63, 3.8) is 0 Å². The maximum atomic E-state index is 12.1. The summed E-state index contributed by atoms with van der Waals surface area (Å²) in [5.41, 5.74) is 0. The number of ether oxygens (including phenoxy) is 2. The molecule has 2 fully saturated rings. The Labute approximate surface area is 154 Å². The Bertz CT molecular complexity index is 453. The standard InChI is InChI=1S/C17H34O6PSi/c1-7-13-14(8-10-19-13)22-24(18)21-12-16-15(9-11-20-16)23-25(5,6)17(2,3)4/h13-16H,7-12H2,1-6H3/q+1/t13-,14-,15-,16-/m1/s1. The van der Waals surface area contributed by atoms with Crippen LogP contribution in [0.2, 0.25) is 18.1 Å². The zero-order valence-corrected chi connectivity index (χ0v) is 18.3. The second kappa shape index (κ2) is 8.87. The van der Waals surface area contributed by atoms with Crippen molar-refractivity contribution in [1.29, 1.82) is 0 Å². The fourth-order valence-electron chi connectivity index (χ4n) is 2.88. The monoisotopic (exact) mass is 393 g/mol. The first kappa shape index (κ1) is 21.4. The van der Waals surface area contributed by atoms with Gasteiger partial charge in [-0.2, -0.15) is 0 Å². The normalized spacial score (nSPS) is 31.5. The summed E-state index contributed by atoms with van der Waals surface area (Å²) in [5.74, 6) is 0. The third-order valence-electron chi connectivity index (χ3n) is 5.52. The van der Waals surface area contributed by atoms with Crippen LogP contribution in [0.15, 0.2) is 0 Å². The van der Waals surface area contributed by atoms with Gasteiger partial charge in [0.05, 0.1) is 12.2 Å². The van der Waals surface area contributed by atoms with E-state index in [1.807, 2.05) is 6.92 Å². The highest BCUT2D eigenvalue weighted by Gasteiger charge is 2.44. The molecule has 2 saturated heterocycles. The first-order chi connectivity index (χ1) is 11.6. The molecule has 0 spiro atoms. The van der Waals surface area contributed by atoms with Gasteiger partial charge in [0.25, 0.3) is 0 Å². The highest BCUT2D eigenvalue weighted by Crippen LogP contribution is 2.39. The van der Waals surface area contributed by atoms with Gasteiger partial charge in [-0.3, -0.25) is 0 Å². The van der Waals surface area contributed by atoms with Crippen LogP contribution in [-0.2, 0) is 27.5 Å². The van der Waals surface area contributed by atoms with Crippen molar-refractivity contribution >= 4 is 16.6 Å². The van der Waals surface area contributed by atoms with Crippen LogP contribution in [0.3, 0.4) is 0 Å². The van der Waals surface area contributed by atoms with Gasteiger partial charge in [0.1, 0.15) is 18.8 Å². The average Bonchev–Trinajstić information content (AvgIpc) is 3.12.